The lowest BCUT2D eigenvalue weighted by Crippen LogP contribution is -2.29. The molecule has 8 nitrogen and oxygen atoms in total. The number of carbonyl (C=O) groups excluding carboxylic acids is 2. The lowest BCUT2D eigenvalue weighted by atomic mass is 9.94. The molecule has 0 aliphatic carbocycles. The SMILES string of the molecule is COc1cc(/C(O)=C2\C(=O)C(=O)N(c3ccc(OCC(C)C)cc3)C2c2cccc(O)c2)c(OC)cc1Cl. The number of amides is 1. The Balaban J connectivity index is 1.89. The van der Waals surface area contributed by atoms with Gasteiger partial charge in [-0.3, -0.25) is 14.5 Å². The Morgan fingerprint density at radius 1 is 1.00 bits per heavy atom. The molecule has 9 heteroatoms. The third-order valence-electron chi connectivity index (χ3n) is 6.06. The number of ether oxygens (including phenoxy) is 3. The number of aromatic hydroxyl groups is 1. The van der Waals surface area contributed by atoms with E-state index in [0.717, 1.165) is 0 Å². The first-order valence-electron chi connectivity index (χ1n) is 11.9. The largest absolute Gasteiger partial charge is 0.508 e. The zero-order valence-electron chi connectivity index (χ0n) is 21.4. The van der Waals surface area contributed by atoms with Crippen LogP contribution in [0, 0.1) is 5.92 Å². The van der Waals surface area contributed by atoms with Crippen LogP contribution in [0.1, 0.15) is 31.0 Å². The lowest BCUT2D eigenvalue weighted by Gasteiger charge is -2.26. The molecule has 0 aromatic heterocycles. The molecular weight excluding hydrogens is 510 g/mol. The summed E-state index contributed by atoms with van der Waals surface area (Å²) in [6.07, 6.45) is 0. The summed E-state index contributed by atoms with van der Waals surface area (Å²) in [5.74, 6) is -0.885. The van der Waals surface area contributed by atoms with E-state index < -0.39 is 23.5 Å². The molecule has 0 saturated carbocycles. The highest BCUT2D eigenvalue weighted by Crippen LogP contribution is 2.45. The van der Waals surface area contributed by atoms with E-state index in [2.05, 4.69) is 0 Å². The lowest BCUT2D eigenvalue weighted by molar-refractivity contribution is -0.132. The summed E-state index contributed by atoms with van der Waals surface area (Å²) < 4.78 is 16.4. The molecule has 1 saturated heterocycles. The summed E-state index contributed by atoms with van der Waals surface area (Å²) in [6, 6.07) is 14.8. The summed E-state index contributed by atoms with van der Waals surface area (Å²) in [5, 5.41) is 21.9. The number of methoxy groups -OCH3 is 2. The third-order valence-corrected chi connectivity index (χ3v) is 6.35. The van der Waals surface area contributed by atoms with E-state index in [1.807, 2.05) is 13.8 Å². The first-order chi connectivity index (χ1) is 18.2. The van der Waals surface area contributed by atoms with Crippen LogP contribution in [0.2, 0.25) is 5.02 Å². The minimum atomic E-state index is -1.05. The average Bonchev–Trinajstić information content (AvgIpc) is 3.17. The monoisotopic (exact) mass is 537 g/mol. The maximum atomic E-state index is 13.4. The second-order valence-corrected chi connectivity index (χ2v) is 9.56. The number of rotatable bonds is 8. The van der Waals surface area contributed by atoms with Crippen molar-refractivity contribution in [2.45, 2.75) is 19.9 Å². The van der Waals surface area contributed by atoms with Gasteiger partial charge in [0.05, 0.1) is 43.0 Å². The van der Waals surface area contributed by atoms with E-state index in [4.69, 9.17) is 25.8 Å². The smallest absolute Gasteiger partial charge is 0.300 e. The summed E-state index contributed by atoms with van der Waals surface area (Å²) in [5.41, 5.74) is 0.778. The predicted octanol–water partition coefficient (Wildman–Crippen LogP) is 5.72. The van der Waals surface area contributed by atoms with Gasteiger partial charge in [-0.05, 0) is 53.9 Å². The predicted molar refractivity (Wildman–Crippen MR) is 144 cm³/mol. The number of aliphatic hydroxyl groups is 1. The zero-order valence-corrected chi connectivity index (χ0v) is 22.2. The Morgan fingerprint density at radius 3 is 2.29 bits per heavy atom. The van der Waals surface area contributed by atoms with Crippen LogP contribution in [0.4, 0.5) is 5.69 Å². The molecular formula is C29H28ClNO7. The summed E-state index contributed by atoms with van der Waals surface area (Å²) >= 11 is 6.22. The maximum Gasteiger partial charge on any atom is 0.300 e. The number of halogens is 1. The second kappa shape index (κ2) is 11.1. The number of nitrogens with zero attached hydrogens (tertiary/aromatic N) is 1. The van der Waals surface area contributed by atoms with Crippen LogP contribution >= 0.6 is 11.6 Å². The molecule has 4 rings (SSSR count). The van der Waals surface area contributed by atoms with Crippen LogP contribution in [-0.4, -0.2) is 42.7 Å². The van der Waals surface area contributed by atoms with Gasteiger partial charge < -0.3 is 24.4 Å². The fourth-order valence-corrected chi connectivity index (χ4v) is 4.50. The molecule has 1 fully saturated rings. The fourth-order valence-electron chi connectivity index (χ4n) is 4.27. The van der Waals surface area contributed by atoms with Crippen molar-refractivity contribution in [2.24, 2.45) is 5.92 Å². The minimum Gasteiger partial charge on any atom is -0.508 e. The zero-order chi connectivity index (χ0) is 27.6. The van der Waals surface area contributed by atoms with Gasteiger partial charge in [0.15, 0.2) is 0 Å². The molecule has 198 valence electrons. The first kappa shape index (κ1) is 26.9. The summed E-state index contributed by atoms with van der Waals surface area (Å²) in [7, 11) is 2.81. The number of aliphatic hydroxyl groups excluding tert-OH is 1. The van der Waals surface area contributed by atoms with E-state index in [1.165, 1.54) is 43.4 Å². The maximum absolute atomic E-state index is 13.4. The Bertz CT molecular complexity index is 1400. The highest BCUT2D eigenvalue weighted by molar-refractivity contribution is 6.51. The molecule has 3 aromatic rings. The van der Waals surface area contributed by atoms with Crippen LogP contribution in [0.3, 0.4) is 0 Å². The quantitative estimate of drug-likeness (QED) is 0.215. The molecule has 1 amide bonds. The molecule has 0 bridgehead atoms. The highest BCUT2D eigenvalue weighted by Gasteiger charge is 2.47. The fraction of sp³-hybridized carbons (Fsp3) is 0.241. The first-order valence-corrected chi connectivity index (χ1v) is 12.3. The molecule has 0 radical (unpaired) electrons. The number of hydrogen-bond donors (Lipinski definition) is 2. The van der Waals surface area contributed by atoms with Crippen LogP contribution < -0.4 is 19.1 Å². The highest BCUT2D eigenvalue weighted by atomic mass is 35.5. The second-order valence-electron chi connectivity index (χ2n) is 9.15. The van der Waals surface area contributed by atoms with Crippen molar-refractivity contribution in [3.63, 3.8) is 0 Å². The van der Waals surface area contributed by atoms with Gasteiger partial charge in [0.1, 0.15) is 28.8 Å². The van der Waals surface area contributed by atoms with Gasteiger partial charge in [0, 0.05) is 11.8 Å². The van der Waals surface area contributed by atoms with Crippen molar-refractivity contribution in [3.8, 4) is 23.0 Å². The molecule has 38 heavy (non-hydrogen) atoms. The topological polar surface area (TPSA) is 106 Å². The van der Waals surface area contributed by atoms with E-state index in [9.17, 15) is 19.8 Å². The number of Topliss-reactive ketones (excluding diaryl/α,β-unsaturated/α-hetero) is 1. The summed E-state index contributed by atoms with van der Waals surface area (Å²) in [4.78, 5) is 28.1. The van der Waals surface area contributed by atoms with Gasteiger partial charge in [-0.2, -0.15) is 0 Å². The van der Waals surface area contributed by atoms with Crippen molar-refractivity contribution in [1.29, 1.82) is 0 Å². The van der Waals surface area contributed by atoms with Crippen molar-refractivity contribution in [3.05, 3.63) is 82.4 Å². The Labute approximate surface area is 225 Å². The van der Waals surface area contributed by atoms with Gasteiger partial charge >= 0.3 is 0 Å². The number of anilines is 1. The standard InChI is InChI=1S/C29H28ClNO7/c1-16(2)15-38-20-10-8-18(9-11-20)31-26(17-6-5-7-19(32)12-17)25(28(34)29(31)35)27(33)21-13-24(37-4)22(30)14-23(21)36-3/h5-14,16,26,32-33H,15H2,1-4H3/b27-25+. The van der Waals surface area contributed by atoms with Crippen molar-refractivity contribution >= 4 is 34.7 Å². The molecule has 1 heterocycles. The Kier molecular flexibility index (Phi) is 7.83. The molecule has 1 aliphatic rings. The number of hydrogen-bond acceptors (Lipinski definition) is 7. The van der Waals surface area contributed by atoms with Gasteiger partial charge in [-0.25, -0.2) is 0 Å². The van der Waals surface area contributed by atoms with E-state index in [0.29, 0.717) is 29.5 Å². The van der Waals surface area contributed by atoms with E-state index >= 15 is 0 Å². The average molecular weight is 538 g/mol. The van der Waals surface area contributed by atoms with Gasteiger partial charge in [0.25, 0.3) is 11.7 Å². The van der Waals surface area contributed by atoms with Crippen LogP contribution in [0.25, 0.3) is 5.76 Å². The molecule has 1 atom stereocenters. The molecule has 3 aromatic carbocycles. The van der Waals surface area contributed by atoms with Gasteiger partial charge in [-0.15, -0.1) is 0 Å². The minimum absolute atomic E-state index is 0.0590. The van der Waals surface area contributed by atoms with Crippen molar-refractivity contribution < 1.29 is 34.0 Å². The van der Waals surface area contributed by atoms with Gasteiger partial charge in [-0.1, -0.05) is 37.6 Å². The normalized spacial score (nSPS) is 16.7. The molecule has 0 spiro atoms. The van der Waals surface area contributed by atoms with Crippen LogP contribution in [-0.2, 0) is 9.59 Å². The third kappa shape index (κ3) is 5.13. The Morgan fingerprint density at radius 2 is 1.68 bits per heavy atom. The number of phenolic OH excluding ortho intramolecular Hbond substituents is 1. The van der Waals surface area contributed by atoms with Crippen molar-refractivity contribution in [1.82, 2.24) is 0 Å². The van der Waals surface area contributed by atoms with Crippen molar-refractivity contribution in [2.75, 3.05) is 25.7 Å². The Hall–Kier alpha value is -4.17. The molecule has 1 unspecified atom stereocenters. The number of carbonyl (C=O) groups is 2. The number of benzene rings is 3. The van der Waals surface area contributed by atoms with Crippen LogP contribution in [0.15, 0.2) is 66.2 Å². The van der Waals surface area contributed by atoms with Crippen LogP contribution in [0.5, 0.6) is 23.0 Å². The number of ketones is 1. The van der Waals surface area contributed by atoms with E-state index in [-0.39, 0.29) is 33.4 Å². The van der Waals surface area contributed by atoms with Gasteiger partial charge in [0.2, 0.25) is 0 Å². The molecule has 2 N–H and O–H groups in total. The summed E-state index contributed by atoms with van der Waals surface area (Å²) in [6.45, 7) is 4.60. The molecule has 1 aliphatic heterocycles. The van der Waals surface area contributed by atoms with E-state index in [1.54, 1.807) is 36.4 Å². The number of phenols is 1.